The third kappa shape index (κ3) is 7.21. The number of hydrogen-bond acceptors (Lipinski definition) is 9. The van der Waals surface area contributed by atoms with Crippen molar-refractivity contribution >= 4 is 85.1 Å². The van der Waals surface area contributed by atoms with Gasteiger partial charge in [0.05, 0.1) is 53.4 Å². The van der Waals surface area contributed by atoms with E-state index in [1.54, 1.807) is 63.4 Å². The molecule has 9 nitrogen and oxygen atoms in total. The Hall–Kier alpha value is -3.04. The van der Waals surface area contributed by atoms with Crippen molar-refractivity contribution in [1.82, 2.24) is 4.57 Å². The van der Waals surface area contributed by atoms with Crippen LogP contribution in [0.25, 0.3) is 6.08 Å². The minimum atomic E-state index is -0.855. The Balaban J connectivity index is 1.62. The molecule has 2 heterocycles. The molecule has 47 heavy (non-hydrogen) atoms. The van der Waals surface area contributed by atoms with Gasteiger partial charge in [0.25, 0.3) is 5.56 Å². The Kier molecular flexibility index (Phi) is 11.3. The Morgan fingerprint density at radius 1 is 1.06 bits per heavy atom. The molecule has 0 fully saturated rings. The van der Waals surface area contributed by atoms with Crippen molar-refractivity contribution in [2.45, 2.75) is 26.5 Å². The van der Waals surface area contributed by atoms with E-state index >= 15 is 0 Å². The highest BCUT2D eigenvalue weighted by Gasteiger charge is 2.35. The number of allylic oxidation sites excluding steroid dienone is 1. The highest BCUT2D eigenvalue weighted by Crippen LogP contribution is 2.41. The molecule has 1 atom stereocenters. The summed E-state index contributed by atoms with van der Waals surface area (Å²) in [5, 5.41) is 1.04. The van der Waals surface area contributed by atoms with Gasteiger partial charge in [0.1, 0.15) is 6.61 Å². The average molecular weight is 874 g/mol. The third-order valence-electron chi connectivity index (χ3n) is 7.25. The van der Waals surface area contributed by atoms with Crippen LogP contribution in [0, 0.1) is 3.57 Å². The topological polar surface area (TPSA) is 97.6 Å². The number of fused-ring (bicyclic) bond motifs is 1. The number of halogens is 4. The highest BCUT2D eigenvalue weighted by molar-refractivity contribution is 14.1. The minimum absolute atomic E-state index is 0.159. The summed E-state index contributed by atoms with van der Waals surface area (Å²) in [5.41, 5.74) is 2.44. The Labute approximate surface area is 306 Å². The van der Waals surface area contributed by atoms with E-state index in [0.717, 1.165) is 9.13 Å². The quantitative estimate of drug-likeness (QED) is 0.124. The third-order valence-corrected chi connectivity index (χ3v) is 10.3. The molecule has 0 saturated carbocycles. The molecule has 0 saturated heterocycles. The number of methoxy groups -OCH3 is 3. The maximum atomic E-state index is 14.2. The second-order valence-corrected chi connectivity index (χ2v) is 14.0. The van der Waals surface area contributed by atoms with E-state index in [-0.39, 0.29) is 24.3 Å². The molecule has 1 aliphatic heterocycles. The number of carbonyl (C=O) groups is 1. The van der Waals surface area contributed by atoms with Gasteiger partial charge in [-0.25, -0.2) is 9.79 Å². The van der Waals surface area contributed by atoms with Crippen molar-refractivity contribution in [3.05, 3.63) is 108 Å². The first kappa shape index (κ1) is 35.3. The SMILES string of the molecule is CCOC(=O)C1=C(C)N=c2s/c(=C\c3cc(I)c(OCc4ccc(Cl)cc4Cl)c(OC)c3)c(=O)n2[C@@H]1c1cc(OC)c(OC)cc1Br. The molecule has 0 amide bonds. The number of esters is 1. The summed E-state index contributed by atoms with van der Waals surface area (Å²) < 4.78 is 31.5. The van der Waals surface area contributed by atoms with Gasteiger partial charge in [-0.05, 0) is 90.0 Å². The summed E-state index contributed by atoms with van der Waals surface area (Å²) in [4.78, 5) is 32.6. The van der Waals surface area contributed by atoms with Gasteiger partial charge in [-0.3, -0.25) is 9.36 Å². The van der Waals surface area contributed by atoms with Crippen LogP contribution in [0.2, 0.25) is 10.0 Å². The lowest BCUT2D eigenvalue weighted by Gasteiger charge is -2.26. The maximum Gasteiger partial charge on any atom is 0.338 e. The van der Waals surface area contributed by atoms with E-state index in [0.29, 0.717) is 63.7 Å². The molecule has 3 aromatic carbocycles. The Bertz CT molecular complexity index is 2100. The van der Waals surface area contributed by atoms with E-state index in [1.807, 2.05) is 6.07 Å². The second-order valence-electron chi connectivity index (χ2n) is 10.1. The fraction of sp³-hybridized carbons (Fsp3) is 0.242. The van der Waals surface area contributed by atoms with Crippen molar-refractivity contribution in [3.63, 3.8) is 0 Å². The molecule has 14 heteroatoms. The lowest BCUT2D eigenvalue weighted by Crippen LogP contribution is -2.40. The minimum Gasteiger partial charge on any atom is -0.493 e. The first-order valence-electron chi connectivity index (χ1n) is 14.1. The van der Waals surface area contributed by atoms with Crippen LogP contribution in [0.4, 0.5) is 0 Å². The lowest BCUT2D eigenvalue weighted by atomic mass is 9.95. The molecule has 0 aliphatic carbocycles. The zero-order chi connectivity index (χ0) is 34.0. The van der Waals surface area contributed by atoms with Gasteiger partial charge in [-0.2, -0.15) is 0 Å². The molecule has 0 unspecified atom stereocenters. The fourth-order valence-electron chi connectivity index (χ4n) is 5.07. The Morgan fingerprint density at radius 3 is 2.43 bits per heavy atom. The van der Waals surface area contributed by atoms with Crippen LogP contribution in [0.1, 0.15) is 36.6 Å². The Morgan fingerprint density at radius 2 is 1.77 bits per heavy atom. The molecular weight excluding hydrogens is 846 g/mol. The number of thiazole rings is 1. The summed E-state index contributed by atoms with van der Waals surface area (Å²) >= 11 is 19.4. The van der Waals surface area contributed by atoms with Crippen LogP contribution < -0.4 is 33.8 Å². The summed E-state index contributed by atoms with van der Waals surface area (Å²) in [7, 11) is 4.60. The second kappa shape index (κ2) is 15.0. The average Bonchev–Trinajstić information content (AvgIpc) is 3.33. The van der Waals surface area contributed by atoms with E-state index in [1.165, 1.54) is 30.1 Å². The molecule has 1 aromatic heterocycles. The predicted octanol–water partition coefficient (Wildman–Crippen LogP) is 7.08. The number of rotatable bonds is 10. The van der Waals surface area contributed by atoms with Gasteiger partial charge in [-0.15, -0.1) is 0 Å². The largest absolute Gasteiger partial charge is 0.493 e. The van der Waals surface area contributed by atoms with Crippen LogP contribution in [-0.4, -0.2) is 38.5 Å². The fourth-order valence-corrected chi connectivity index (χ4v) is 7.90. The summed E-state index contributed by atoms with van der Waals surface area (Å²) in [6, 6.07) is 11.5. The van der Waals surface area contributed by atoms with Crippen molar-refractivity contribution in [2.24, 2.45) is 4.99 Å². The van der Waals surface area contributed by atoms with Crippen LogP contribution in [0.3, 0.4) is 0 Å². The summed E-state index contributed by atoms with van der Waals surface area (Å²) in [6.45, 7) is 3.82. The normalized spacial score (nSPS) is 14.4. The van der Waals surface area contributed by atoms with Crippen LogP contribution >= 0.6 is 73.1 Å². The van der Waals surface area contributed by atoms with Crippen molar-refractivity contribution in [2.75, 3.05) is 27.9 Å². The van der Waals surface area contributed by atoms with Gasteiger partial charge < -0.3 is 23.7 Å². The lowest BCUT2D eigenvalue weighted by molar-refractivity contribution is -0.139. The van der Waals surface area contributed by atoms with E-state index in [4.69, 9.17) is 46.9 Å². The van der Waals surface area contributed by atoms with Crippen LogP contribution in [-0.2, 0) is 16.1 Å². The predicted molar refractivity (Wildman–Crippen MR) is 194 cm³/mol. The van der Waals surface area contributed by atoms with Gasteiger partial charge in [-0.1, -0.05) is 56.5 Å². The molecule has 5 rings (SSSR count). The zero-order valence-corrected chi connectivity index (χ0v) is 31.9. The molecule has 246 valence electrons. The van der Waals surface area contributed by atoms with Gasteiger partial charge in [0, 0.05) is 20.1 Å². The van der Waals surface area contributed by atoms with E-state index in [9.17, 15) is 9.59 Å². The van der Waals surface area contributed by atoms with E-state index in [2.05, 4.69) is 43.5 Å². The van der Waals surface area contributed by atoms with Gasteiger partial charge in [0.15, 0.2) is 27.8 Å². The van der Waals surface area contributed by atoms with Crippen LogP contribution in [0.15, 0.2) is 68.0 Å². The number of benzene rings is 3. The first-order valence-corrected chi connectivity index (χ1v) is 17.5. The smallest absolute Gasteiger partial charge is 0.338 e. The molecule has 0 radical (unpaired) electrons. The number of nitrogens with zero attached hydrogens (tertiary/aromatic N) is 2. The summed E-state index contributed by atoms with van der Waals surface area (Å²) in [6.07, 6.45) is 1.76. The standard InChI is InChI=1S/C33H28BrCl2IN2O7S/c1-6-45-32(41)28-16(2)38-33-39(29(28)20-13-24(42-3)25(43-4)14-21(20)34)31(40)27(47-33)11-17-9-23(37)30(26(10-17)44-5)46-15-18-7-8-19(35)12-22(18)36/h7-14,29H,6,15H2,1-5H3/b27-11-/t29-/m1/s1. The van der Waals surface area contributed by atoms with Gasteiger partial charge >= 0.3 is 5.97 Å². The molecule has 0 N–H and O–H groups in total. The number of carbonyl (C=O) groups excluding carboxylic acids is 1. The molecule has 4 aromatic rings. The summed E-state index contributed by atoms with van der Waals surface area (Å²) in [5.74, 6) is 1.37. The van der Waals surface area contributed by atoms with E-state index < -0.39 is 12.0 Å². The zero-order valence-electron chi connectivity index (χ0n) is 25.8. The molecule has 1 aliphatic rings. The molecule has 0 spiro atoms. The first-order chi connectivity index (χ1) is 22.5. The number of aromatic nitrogens is 1. The highest BCUT2D eigenvalue weighted by atomic mass is 127. The van der Waals surface area contributed by atoms with Crippen molar-refractivity contribution < 1.29 is 28.5 Å². The maximum absolute atomic E-state index is 14.2. The molecular formula is C33H28BrCl2IN2O7S. The molecule has 0 bridgehead atoms. The number of hydrogen-bond donors (Lipinski definition) is 0. The monoisotopic (exact) mass is 872 g/mol. The number of ether oxygens (including phenoxy) is 5. The van der Waals surface area contributed by atoms with Crippen molar-refractivity contribution in [3.8, 4) is 23.0 Å². The van der Waals surface area contributed by atoms with Crippen molar-refractivity contribution in [1.29, 1.82) is 0 Å². The van der Waals surface area contributed by atoms with Gasteiger partial charge in [0.2, 0.25) is 0 Å². The van der Waals surface area contributed by atoms with Crippen LogP contribution in [0.5, 0.6) is 23.0 Å².